The maximum atomic E-state index is 12.9. The molecule has 1 aliphatic heterocycles. The van der Waals surface area contributed by atoms with E-state index >= 15 is 0 Å². The second-order valence-electron chi connectivity index (χ2n) is 10.2. The summed E-state index contributed by atoms with van der Waals surface area (Å²) in [7, 11) is -3.50. The number of aliphatic imine (C=N–C) groups is 1. The first-order valence-electron chi connectivity index (χ1n) is 12.2. The minimum absolute atomic E-state index is 0.145. The van der Waals surface area contributed by atoms with E-state index in [-0.39, 0.29) is 36.0 Å². The molecule has 38 heavy (non-hydrogen) atoms. The van der Waals surface area contributed by atoms with E-state index in [1.54, 1.807) is 42.7 Å². The monoisotopic (exact) mass is 536 g/mol. The molecule has 10 heteroatoms. The third-order valence-corrected chi connectivity index (χ3v) is 7.99. The normalized spacial score (nSPS) is 15.0. The van der Waals surface area contributed by atoms with Crippen LogP contribution < -0.4 is 15.8 Å². The highest BCUT2D eigenvalue weighted by Crippen LogP contribution is 2.33. The van der Waals surface area contributed by atoms with Crippen molar-refractivity contribution in [3.8, 4) is 11.5 Å². The van der Waals surface area contributed by atoms with Crippen LogP contribution in [0, 0.1) is 6.92 Å². The second kappa shape index (κ2) is 10.9. The van der Waals surface area contributed by atoms with Crippen molar-refractivity contribution in [2.45, 2.75) is 49.8 Å². The number of nitrogens with two attached hydrogens (primary N) is 1. The van der Waals surface area contributed by atoms with Crippen LogP contribution in [0.25, 0.3) is 10.9 Å². The zero-order valence-corrected chi connectivity index (χ0v) is 22.7. The second-order valence-corrected chi connectivity index (χ2v) is 12.4. The Labute approximate surface area is 222 Å². The first-order valence-corrected chi connectivity index (χ1v) is 13.8. The van der Waals surface area contributed by atoms with Crippen LogP contribution in [0.1, 0.15) is 31.9 Å². The summed E-state index contributed by atoms with van der Waals surface area (Å²) in [6.45, 7) is 8.14. The Kier molecular flexibility index (Phi) is 7.84. The van der Waals surface area contributed by atoms with Crippen molar-refractivity contribution < 1.29 is 22.7 Å². The predicted molar refractivity (Wildman–Crippen MR) is 147 cm³/mol. The van der Waals surface area contributed by atoms with Gasteiger partial charge in [-0.1, -0.05) is 12.1 Å². The van der Waals surface area contributed by atoms with Crippen molar-refractivity contribution in [2.75, 3.05) is 13.2 Å². The van der Waals surface area contributed by atoms with Gasteiger partial charge >= 0.3 is 0 Å². The lowest BCUT2D eigenvalue weighted by Crippen LogP contribution is -2.40. The minimum Gasteiger partial charge on any atom is -0.456 e. The number of aryl methyl sites for hydroxylation is 1. The number of hydrogen-bond donors (Lipinski definition) is 2. The van der Waals surface area contributed by atoms with Crippen LogP contribution in [-0.4, -0.2) is 49.5 Å². The van der Waals surface area contributed by atoms with E-state index in [0.29, 0.717) is 28.1 Å². The Balaban J connectivity index is 1.51. The summed E-state index contributed by atoms with van der Waals surface area (Å²) < 4.78 is 37.0. The lowest BCUT2D eigenvalue weighted by Gasteiger charge is -2.25. The highest BCUT2D eigenvalue weighted by Gasteiger charge is 2.34. The molecule has 0 saturated carbocycles. The fourth-order valence-electron chi connectivity index (χ4n) is 3.78. The van der Waals surface area contributed by atoms with Crippen molar-refractivity contribution in [1.82, 2.24) is 10.3 Å². The summed E-state index contributed by atoms with van der Waals surface area (Å²) in [6, 6.07) is 12.0. The molecule has 1 aromatic heterocycles. The molecule has 0 atom stereocenters. The highest BCUT2D eigenvalue weighted by atomic mass is 32.2. The summed E-state index contributed by atoms with van der Waals surface area (Å²) in [4.78, 5) is 21.5. The molecule has 1 saturated heterocycles. The van der Waals surface area contributed by atoms with E-state index in [0.717, 1.165) is 11.1 Å². The van der Waals surface area contributed by atoms with E-state index in [9.17, 15) is 13.2 Å². The average molecular weight is 537 g/mol. The molecule has 0 radical (unpaired) electrons. The molecule has 0 unspecified atom stereocenters. The quantitative estimate of drug-likeness (QED) is 0.418. The van der Waals surface area contributed by atoms with Crippen LogP contribution in [0.15, 0.2) is 70.4 Å². The number of pyridine rings is 1. The Morgan fingerprint density at radius 2 is 1.95 bits per heavy atom. The van der Waals surface area contributed by atoms with Crippen LogP contribution in [0.2, 0.25) is 0 Å². The Bertz CT molecular complexity index is 1520. The van der Waals surface area contributed by atoms with Gasteiger partial charge in [-0.3, -0.25) is 14.8 Å². The Morgan fingerprint density at radius 3 is 2.58 bits per heavy atom. The van der Waals surface area contributed by atoms with Gasteiger partial charge in [0.05, 0.1) is 41.3 Å². The number of benzene rings is 2. The van der Waals surface area contributed by atoms with Crippen LogP contribution in [0.5, 0.6) is 11.5 Å². The summed E-state index contributed by atoms with van der Waals surface area (Å²) in [6.07, 6.45) is 4.62. The molecule has 1 fully saturated rings. The Hall–Kier alpha value is -3.76. The topological polar surface area (TPSA) is 133 Å². The SMILES string of the molecule is Cc1cc(CC(=O)NC(C=NC(C)(C)C)=CN)ccc1Oc1ccnc2ccc(S(=O)(=O)C3COC3)cc12. The number of rotatable bonds is 8. The maximum absolute atomic E-state index is 12.9. The van der Waals surface area contributed by atoms with Crippen LogP contribution >= 0.6 is 0 Å². The molecule has 3 N–H and O–H groups in total. The molecular formula is C28H32N4O5S. The number of nitrogens with one attached hydrogen (secondary N) is 1. The van der Waals surface area contributed by atoms with E-state index in [4.69, 9.17) is 15.2 Å². The lowest BCUT2D eigenvalue weighted by atomic mass is 10.1. The van der Waals surface area contributed by atoms with Gasteiger partial charge in [-0.2, -0.15) is 0 Å². The van der Waals surface area contributed by atoms with Gasteiger partial charge in [0.1, 0.15) is 16.7 Å². The standard InChI is InChI=1S/C28H32N4O5S/c1-18-11-19(12-27(33)32-20(14-29)15-31-28(2,3)4)5-8-25(18)37-26-9-10-30-24-7-6-21(13-23(24)26)38(34,35)22-16-36-17-22/h5-11,13-15,22H,12,16-17,29H2,1-4H3,(H,32,33). The maximum Gasteiger partial charge on any atom is 0.228 e. The van der Waals surface area contributed by atoms with Gasteiger partial charge < -0.3 is 20.5 Å². The van der Waals surface area contributed by atoms with Crippen molar-refractivity contribution in [3.05, 3.63) is 71.7 Å². The highest BCUT2D eigenvalue weighted by molar-refractivity contribution is 7.92. The summed E-state index contributed by atoms with van der Waals surface area (Å²) >= 11 is 0. The van der Waals surface area contributed by atoms with Gasteiger partial charge in [0.2, 0.25) is 5.91 Å². The summed E-state index contributed by atoms with van der Waals surface area (Å²) in [5.74, 6) is 0.851. The van der Waals surface area contributed by atoms with Crippen LogP contribution in [0.4, 0.5) is 0 Å². The van der Waals surface area contributed by atoms with Crippen LogP contribution in [-0.2, 0) is 25.8 Å². The van der Waals surface area contributed by atoms with Gasteiger partial charge in [0.15, 0.2) is 9.84 Å². The molecule has 3 aromatic rings. The van der Waals surface area contributed by atoms with Gasteiger partial charge in [-0.05, 0) is 69.2 Å². The summed E-state index contributed by atoms with van der Waals surface area (Å²) in [5, 5.41) is 2.83. The number of carbonyl (C=O) groups is 1. The minimum atomic E-state index is -3.50. The number of nitrogens with zero attached hydrogens (tertiary/aromatic N) is 2. The molecule has 200 valence electrons. The van der Waals surface area contributed by atoms with E-state index in [1.165, 1.54) is 6.20 Å². The molecule has 2 aromatic carbocycles. The molecule has 1 amide bonds. The van der Waals surface area contributed by atoms with Gasteiger partial charge in [-0.15, -0.1) is 0 Å². The van der Waals surface area contributed by atoms with Crippen LogP contribution in [0.3, 0.4) is 0 Å². The van der Waals surface area contributed by atoms with E-state index < -0.39 is 15.1 Å². The molecule has 1 aliphatic rings. The first-order chi connectivity index (χ1) is 18.0. The molecule has 0 aliphatic carbocycles. The average Bonchev–Trinajstić information content (AvgIpc) is 2.81. The zero-order chi connectivity index (χ0) is 27.5. The van der Waals surface area contributed by atoms with Crippen molar-refractivity contribution in [3.63, 3.8) is 0 Å². The van der Waals surface area contributed by atoms with Crippen molar-refractivity contribution in [1.29, 1.82) is 0 Å². The largest absolute Gasteiger partial charge is 0.456 e. The smallest absolute Gasteiger partial charge is 0.228 e. The van der Waals surface area contributed by atoms with E-state index in [1.807, 2.05) is 39.8 Å². The van der Waals surface area contributed by atoms with Crippen molar-refractivity contribution >= 4 is 32.9 Å². The van der Waals surface area contributed by atoms with Gasteiger partial charge in [0, 0.05) is 24.0 Å². The fraction of sp³-hybridized carbons (Fsp3) is 0.321. The third-order valence-electron chi connectivity index (χ3n) is 5.93. The number of amides is 1. The summed E-state index contributed by atoms with van der Waals surface area (Å²) in [5.41, 5.74) is 8.01. The number of aromatic nitrogens is 1. The predicted octanol–water partition coefficient (Wildman–Crippen LogP) is 3.84. The molecule has 0 spiro atoms. The number of allylic oxidation sites excluding steroid dienone is 1. The molecule has 4 rings (SSSR count). The number of hydrogen-bond acceptors (Lipinski definition) is 8. The van der Waals surface area contributed by atoms with Crippen molar-refractivity contribution in [2.24, 2.45) is 10.7 Å². The number of ether oxygens (including phenoxy) is 2. The fourth-order valence-corrected chi connectivity index (χ4v) is 5.25. The number of carbonyl (C=O) groups excluding carboxylic acids is 1. The molecule has 9 nitrogen and oxygen atoms in total. The number of fused-ring (bicyclic) bond motifs is 1. The van der Waals surface area contributed by atoms with Gasteiger partial charge in [-0.25, -0.2) is 8.42 Å². The molecular weight excluding hydrogens is 504 g/mol. The number of sulfone groups is 1. The molecule has 0 bridgehead atoms. The molecule has 2 heterocycles. The third kappa shape index (κ3) is 6.38. The lowest BCUT2D eigenvalue weighted by molar-refractivity contribution is -0.119. The van der Waals surface area contributed by atoms with Gasteiger partial charge in [0.25, 0.3) is 0 Å². The van der Waals surface area contributed by atoms with E-state index in [2.05, 4.69) is 15.3 Å². The Morgan fingerprint density at radius 1 is 1.18 bits per heavy atom. The zero-order valence-electron chi connectivity index (χ0n) is 21.9. The first kappa shape index (κ1) is 27.3.